The van der Waals surface area contributed by atoms with Crippen molar-refractivity contribution in [1.82, 2.24) is 0 Å². The van der Waals surface area contributed by atoms with Crippen molar-refractivity contribution in [2.45, 2.75) is 25.2 Å². The van der Waals surface area contributed by atoms with E-state index in [4.69, 9.17) is 14.9 Å². The summed E-state index contributed by atoms with van der Waals surface area (Å²) in [6.45, 7) is 0. The fourth-order valence-corrected chi connectivity index (χ4v) is 2.65. The minimum absolute atomic E-state index is 0.153. The predicted octanol–water partition coefficient (Wildman–Crippen LogP) is 1.80. The van der Waals surface area contributed by atoms with Crippen LogP contribution in [0.15, 0.2) is 45.7 Å². The molecule has 7 heteroatoms. The van der Waals surface area contributed by atoms with Crippen LogP contribution in [0.2, 0.25) is 0 Å². The second kappa shape index (κ2) is 4.52. The monoisotopic (exact) mass is 276 g/mol. The van der Waals surface area contributed by atoms with Crippen molar-refractivity contribution in [3.05, 3.63) is 57.2 Å². The van der Waals surface area contributed by atoms with E-state index in [1.807, 2.05) is 0 Å². The Kier molecular flexibility index (Phi) is 2.81. The number of hydrogen-bond donors (Lipinski definition) is 1. The summed E-state index contributed by atoms with van der Waals surface area (Å²) in [7, 11) is 0. The minimum atomic E-state index is -0.892. The highest BCUT2D eigenvalue weighted by atomic mass is 16.6. The third kappa shape index (κ3) is 1.78. The molecule has 7 nitrogen and oxygen atoms in total. The number of ether oxygens (including phenoxy) is 1. The van der Waals surface area contributed by atoms with E-state index in [0.717, 1.165) is 0 Å². The lowest BCUT2D eigenvalue weighted by molar-refractivity contribution is -0.433. The van der Waals surface area contributed by atoms with Gasteiger partial charge < -0.3 is 14.9 Å². The lowest BCUT2D eigenvalue weighted by Gasteiger charge is -2.27. The average molecular weight is 276 g/mol. The molecule has 3 rings (SSSR count). The van der Waals surface area contributed by atoms with Crippen LogP contribution in [-0.2, 0) is 9.53 Å². The van der Waals surface area contributed by atoms with E-state index in [9.17, 15) is 14.9 Å². The lowest BCUT2D eigenvalue weighted by atomic mass is 9.82. The smallest absolute Gasteiger partial charge is 0.320 e. The summed E-state index contributed by atoms with van der Waals surface area (Å²) in [5, 5.41) is 11.3. The predicted molar refractivity (Wildman–Crippen MR) is 66.6 cm³/mol. The molecule has 20 heavy (non-hydrogen) atoms. The third-order valence-electron chi connectivity index (χ3n) is 3.48. The molecular formula is C13H12N2O5. The molecule has 104 valence electrons. The number of rotatable bonds is 2. The molecule has 0 bridgehead atoms. The Labute approximate surface area is 113 Å². The van der Waals surface area contributed by atoms with Crippen molar-refractivity contribution in [2.24, 2.45) is 5.73 Å². The number of Topliss-reactive ketones (excluding diaryl/α,β-unsaturated/α-hetero) is 1. The van der Waals surface area contributed by atoms with E-state index in [2.05, 4.69) is 0 Å². The Hall–Kier alpha value is -2.57. The van der Waals surface area contributed by atoms with Gasteiger partial charge in [-0.05, 0) is 18.6 Å². The number of ketones is 1. The van der Waals surface area contributed by atoms with Gasteiger partial charge in [-0.25, -0.2) is 0 Å². The molecule has 1 aliphatic carbocycles. The molecule has 0 aromatic carbocycles. The molecule has 0 radical (unpaired) electrons. The van der Waals surface area contributed by atoms with Gasteiger partial charge in [-0.1, -0.05) is 0 Å². The van der Waals surface area contributed by atoms with Gasteiger partial charge >= 0.3 is 5.70 Å². The molecule has 1 unspecified atom stereocenters. The maximum atomic E-state index is 12.1. The molecule has 0 saturated carbocycles. The Morgan fingerprint density at radius 1 is 1.40 bits per heavy atom. The van der Waals surface area contributed by atoms with Crippen LogP contribution in [0.25, 0.3) is 0 Å². The van der Waals surface area contributed by atoms with Crippen molar-refractivity contribution >= 4 is 5.78 Å². The number of allylic oxidation sites excluding steroid dienone is 2. The first-order chi connectivity index (χ1) is 9.59. The van der Waals surface area contributed by atoms with Gasteiger partial charge in [0.25, 0.3) is 5.88 Å². The zero-order chi connectivity index (χ0) is 14.3. The Bertz CT molecular complexity index is 642. The van der Waals surface area contributed by atoms with E-state index in [0.29, 0.717) is 36.4 Å². The second-order valence-corrected chi connectivity index (χ2v) is 4.67. The van der Waals surface area contributed by atoms with Gasteiger partial charge in [0.1, 0.15) is 17.4 Å². The zero-order valence-electron chi connectivity index (χ0n) is 10.5. The highest BCUT2D eigenvalue weighted by Crippen LogP contribution is 2.43. The highest BCUT2D eigenvalue weighted by molar-refractivity contribution is 5.98. The largest absolute Gasteiger partial charge is 0.468 e. The van der Waals surface area contributed by atoms with Crippen LogP contribution < -0.4 is 5.73 Å². The second-order valence-electron chi connectivity index (χ2n) is 4.67. The van der Waals surface area contributed by atoms with Gasteiger partial charge in [0.15, 0.2) is 5.78 Å². The Balaban J connectivity index is 2.19. The molecule has 0 fully saturated rings. The molecule has 1 aromatic heterocycles. The van der Waals surface area contributed by atoms with Crippen LogP contribution in [0.4, 0.5) is 0 Å². The van der Waals surface area contributed by atoms with E-state index in [1.165, 1.54) is 6.26 Å². The summed E-state index contributed by atoms with van der Waals surface area (Å²) in [6, 6.07) is 3.21. The fraction of sp³-hybridized carbons (Fsp3) is 0.308. The average Bonchev–Trinajstić information content (AvgIpc) is 2.90. The molecule has 2 aliphatic rings. The van der Waals surface area contributed by atoms with Crippen molar-refractivity contribution in [1.29, 1.82) is 0 Å². The molecule has 2 N–H and O–H groups in total. The topological polar surface area (TPSA) is 109 Å². The number of carbonyl (C=O) groups excluding carboxylic acids is 1. The maximum Gasteiger partial charge on any atom is 0.320 e. The van der Waals surface area contributed by atoms with Crippen molar-refractivity contribution < 1.29 is 18.9 Å². The van der Waals surface area contributed by atoms with Crippen LogP contribution in [0.1, 0.15) is 30.9 Å². The number of nitro groups is 1. The van der Waals surface area contributed by atoms with Crippen LogP contribution >= 0.6 is 0 Å². The van der Waals surface area contributed by atoms with Gasteiger partial charge in [-0.2, -0.15) is 0 Å². The summed E-state index contributed by atoms with van der Waals surface area (Å²) in [5.74, 6) is -0.572. The number of nitrogens with two attached hydrogens (primary N) is 1. The first-order valence-corrected chi connectivity index (χ1v) is 6.21. The van der Waals surface area contributed by atoms with Crippen molar-refractivity contribution in [3.8, 4) is 0 Å². The number of nitrogens with zero attached hydrogens (tertiary/aromatic N) is 1. The minimum Gasteiger partial charge on any atom is -0.468 e. The summed E-state index contributed by atoms with van der Waals surface area (Å²) in [4.78, 5) is 22.8. The summed E-state index contributed by atoms with van der Waals surface area (Å²) in [6.07, 6.45) is 2.96. The van der Waals surface area contributed by atoms with Gasteiger partial charge in [0.05, 0.1) is 16.8 Å². The quantitative estimate of drug-likeness (QED) is 0.651. The Morgan fingerprint density at radius 3 is 2.85 bits per heavy atom. The standard InChI is InChI=1S/C13H12N2O5/c14-13-12(15(17)18)11(8-5-2-6-19-8)10-7(16)3-1-4-9(10)20-13/h2,5-6,11H,1,3-4,14H2. The van der Waals surface area contributed by atoms with Crippen LogP contribution in [0.3, 0.4) is 0 Å². The van der Waals surface area contributed by atoms with Gasteiger partial charge in [-0.15, -0.1) is 0 Å². The molecule has 0 spiro atoms. The number of furan rings is 1. The summed E-state index contributed by atoms with van der Waals surface area (Å²) in [5.41, 5.74) is 5.62. The molecule has 1 aromatic rings. The van der Waals surface area contributed by atoms with Crippen LogP contribution in [-0.4, -0.2) is 10.7 Å². The normalized spacial score (nSPS) is 22.6. The molecule has 0 saturated heterocycles. The highest BCUT2D eigenvalue weighted by Gasteiger charge is 2.45. The van der Waals surface area contributed by atoms with Crippen LogP contribution in [0, 0.1) is 10.1 Å². The fourth-order valence-electron chi connectivity index (χ4n) is 2.65. The van der Waals surface area contributed by atoms with Gasteiger partial charge in [-0.3, -0.25) is 14.9 Å². The molecule has 1 atom stereocenters. The van der Waals surface area contributed by atoms with Gasteiger partial charge in [0, 0.05) is 12.8 Å². The van der Waals surface area contributed by atoms with Crippen LogP contribution in [0.5, 0.6) is 0 Å². The molecule has 0 amide bonds. The molecule has 1 aliphatic heterocycles. The SMILES string of the molecule is NC1=C([N+](=O)[O-])C(c2ccco2)C2=C(CCCC2=O)O1. The first kappa shape index (κ1) is 12.5. The Morgan fingerprint density at radius 2 is 2.20 bits per heavy atom. The van der Waals surface area contributed by atoms with Crippen molar-refractivity contribution in [3.63, 3.8) is 0 Å². The third-order valence-corrected chi connectivity index (χ3v) is 3.48. The van der Waals surface area contributed by atoms with E-state index >= 15 is 0 Å². The van der Waals surface area contributed by atoms with E-state index in [-0.39, 0.29) is 17.4 Å². The van der Waals surface area contributed by atoms with E-state index < -0.39 is 10.8 Å². The maximum absolute atomic E-state index is 12.1. The van der Waals surface area contributed by atoms with Crippen molar-refractivity contribution in [2.75, 3.05) is 0 Å². The van der Waals surface area contributed by atoms with Gasteiger partial charge in [0.2, 0.25) is 0 Å². The number of hydrogen-bond acceptors (Lipinski definition) is 6. The molecular weight excluding hydrogens is 264 g/mol. The zero-order valence-corrected chi connectivity index (χ0v) is 10.5. The summed E-state index contributed by atoms with van der Waals surface area (Å²) < 4.78 is 10.6. The summed E-state index contributed by atoms with van der Waals surface area (Å²) >= 11 is 0. The first-order valence-electron chi connectivity index (χ1n) is 6.21. The van der Waals surface area contributed by atoms with E-state index in [1.54, 1.807) is 12.1 Å². The lowest BCUT2D eigenvalue weighted by Crippen LogP contribution is -2.30. The number of carbonyl (C=O) groups is 1. The molecule has 2 heterocycles.